The molecule has 0 aliphatic carbocycles. The number of rotatable bonds is 7. The average molecular weight is 492 g/mol. The largest absolute Gasteiger partial charge is 0.339 e. The zero-order valence-corrected chi connectivity index (χ0v) is 20.7. The molecule has 2 aromatic rings. The standard InChI is InChI=1S/C24H30ClN3O4S/c1-4-27(5-2)24(30)19-8-6-7-9-22(19)26-23(29)20-16-18(10-11-21(20)25)33(31,32)28-14-12-17(3)13-15-28/h6-11,16-17H,4-5,12-15H2,1-3H3,(H,26,29). The third kappa shape index (κ3) is 5.57. The van der Waals surface area contributed by atoms with Crippen LogP contribution in [-0.2, 0) is 10.0 Å². The summed E-state index contributed by atoms with van der Waals surface area (Å²) in [5.74, 6) is -0.288. The number of halogens is 1. The molecule has 1 aliphatic rings. The van der Waals surface area contributed by atoms with Crippen LogP contribution in [-0.4, -0.2) is 55.6 Å². The maximum Gasteiger partial charge on any atom is 0.257 e. The summed E-state index contributed by atoms with van der Waals surface area (Å²) >= 11 is 6.27. The third-order valence-corrected chi connectivity index (χ3v) is 8.24. The van der Waals surface area contributed by atoms with Crippen LogP contribution in [0.15, 0.2) is 47.4 Å². The molecule has 3 rings (SSSR count). The molecule has 2 aromatic carbocycles. The number of carbonyl (C=O) groups excluding carboxylic acids is 2. The highest BCUT2D eigenvalue weighted by Gasteiger charge is 2.29. The number of para-hydroxylation sites is 1. The van der Waals surface area contributed by atoms with E-state index in [-0.39, 0.29) is 21.4 Å². The van der Waals surface area contributed by atoms with Gasteiger partial charge in [-0.1, -0.05) is 30.7 Å². The van der Waals surface area contributed by atoms with E-state index in [1.165, 1.54) is 22.5 Å². The first kappa shape index (κ1) is 25.2. The number of nitrogens with zero attached hydrogens (tertiary/aromatic N) is 2. The second-order valence-corrected chi connectivity index (χ2v) is 10.6. The predicted octanol–water partition coefficient (Wildman–Crippen LogP) is 4.49. The number of piperidine rings is 1. The Balaban J connectivity index is 1.88. The third-order valence-electron chi connectivity index (χ3n) is 6.02. The van der Waals surface area contributed by atoms with Crippen molar-refractivity contribution < 1.29 is 18.0 Å². The van der Waals surface area contributed by atoms with Gasteiger partial charge >= 0.3 is 0 Å². The van der Waals surface area contributed by atoms with Crippen LogP contribution in [0.5, 0.6) is 0 Å². The predicted molar refractivity (Wildman–Crippen MR) is 130 cm³/mol. The highest BCUT2D eigenvalue weighted by Crippen LogP contribution is 2.27. The van der Waals surface area contributed by atoms with Gasteiger partial charge in [0.1, 0.15) is 0 Å². The summed E-state index contributed by atoms with van der Waals surface area (Å²) in [7, 11) is -3.74. The molecule has 9 heteroatoms. The van der Waals surface area contributed by atoms with Crippen LogP contribution in [0.4, 0.5) is 5.69 Å². The Kier molecular flexibility index (Phi) is 8.15. The molecule has 0 unspecified atom stereocenters. The van der Waals surface area contributed by atoms with Crippen molar-refractivity contribution in [3.8, 4) is 0 Å². The zero-order chi connectivity index (χ0) is 24.2. The van der Waals surface area contributed by atoms with E-state index in [0.29, 0.717) is 43.3 Å². The zero-order valence-electron chi connectivity index (χ0n) is 19.2. The molecular formula is C24H30ClN3O4S. The van der Waals surface area contributed by atoms with Crippen molar-refractivity contribution in [3.63, 3.8) is 0 Å². The minimum Gasteiger partial charge on any atom is -0.339 e. The fourth-order valence-corrected chi connectivity index (χ4v) is 5.56. The lowest BCUT2D eigenvalue weighted by atomic mass is 10.0. The van der Waals surface area contributed by atoms with E-state index in [0.717, 1.165) is 12.8 Å². The van der Waals surface area contributed by atoms with Gasteiger partial charge in [0.05, 0.1) is 26.7 Å². The van der Waals surface area contributed by atoms with Crippen LogP contribution in [0.2, 0.25) is 5.02 Å². The molecule has 0 spiro atoms. The smallest absolute Gasteiger partial charge is 0.257 e. The lowest BCUT2D eigenvalue weighted by Crippen LogP contribution is -2.38. The van der Waals surface area contributed by atoms with Gasteiger partial charge in [0, 0.05) is 26.2 Å². The Morgan fingerprint density at radius 2 is 1.70 bits per heavy atom. The molecule has 33 heavy (non-hydrogen) atoms. The van der Waals surface area contributed by atoms with Crippen molar-refractivity contribution in [1.29, 1.82) is 0 Å². The second kappa shape index (κ2) is 10.7. The normalized spacial score (nSPS) is 15.3. The van der Waals surface area contributed by atoms with Gasteiger partial charge < -0.3 is 10.2 Å². The number of hydrogen-bond donors (Lipinski definition) is 1. The second-order valence-electron chi connectivity index (χ2n) is 8.21. The van der Waals surface area contributed by atoms with Gasteiger partial charge in [0.15, 0.2) is 0 Å². The molecule has 1 fully saturated rings. The molecule has 0 radical (unpaired) electrons. The van der Waals surface area contributed by atoms with E-state index in [4.69, 9.17) is 11.6 Å². The van der Waals surface area contributed by atoms with Crippen LogP contribution in [0, 0.1) is 5.92 Å². The molecule has 178 valence electrons. The summed E-state index contributed by atoms with van der Waals surface area (Å²) in [4.78, 5) is 27.6. The van der Waals surface area contributed by atoms with Crippen LogP contribution in [0.25, 0.3) is 0 Å². The molecule has 1 aliphatic heterocycles. The minimum atomic E-state index is -3.74. The van der Waals surface area contributed by atoms with E-state index < -0.39 is 15.9 Å². The minimum absolute atomic E-state index is 0.0269. The quantitative estimate of drug-likeness (QED) is 0.618. The van der Waals surface area contributed by atoms with Gasteiger partial charge in [-0.25, -0.2) is 8.42 Å². The molecule has 0 bridgehead atoms. The Labute approximate surface area is 200 Å². The number of amides is 2. The number of carbonyl (C=O) groups is 2. The molecule has 0 saturated carbocycles. The van der Waals surface area contributed by atoms with Crippen molar-refractivity contribution in [3.05, 3.63) is 58.6 Å². The molecule has 7 nitrogen and oxygen atoms in total. The van der Waals surface area contributed by atoms with Crippen LogP contribution in [0.1, 0.15) is 54.3 Å². The molecule has 1 N–H and O–H groups in total. The first-order valence-corrected chi connectivity index (χ1v) is 13.0. The van der Waals surface area contributed by atoms with Crippen molar-refractivity contribution >= 4 is 39.1 Å². The SMILES string of the molecule is CCN(CC)C(=O)c1ccccc1NC(=O)c1cc(S(=O)(=O)N2CCC(C)CC2)ccc1Cl. The number of hydrogen-bond acceptors (Lipinski definition) is 4. The van der Waals surface area contributed by atoms with E-state index >= 15 is 0 Å². The van der Waals surface area contributed by atoms with E-state index in [9.17, 15) is 18.0 Å². The van der Waals surface area contributed by atoms with Gasteiger partial charge in [-0.05, 0) is 62.9 Å². The van der Waals surface area contributed by atoms with Gasteiger partial charge in [0.25, 0.3) is 11.8 Å². The maximum atomic E-state index is 13.1. The molecular weight excluding hydrogens is 462 g/mol. The number of anilines is 1. The van der Waals surface area contributed by atoms with E-state index in [1.54, 1.807) is 29.2 Å². The summed E-state index contributed by atoms with van der Waals surface area (Å²) in [6, 6.07) is 10.9. The van der Waals surface area contributed by atoms with Crippen LogP contribution < -0.4 is 5.32 Å². The molecule has 0 aromatic heterocycles. The van der Waals surface area contributed by atoms with Crippen molar-refractivity contribution in [2.24, 2.45) is 5.92 Å². The summed E-state index contributed by atoms with van der Waals surface area (Å²) in [5, 5.41) is 2.87. The Morgan fingerprint density at radius 3 is 2.33 bits per heavy atom. The topological polar surface area (TPSA) is 86.8 Å². The van der Waals surface area contributed by atoms with Crippen molar-refractivity contribution in [1.82, 2.24) is 9.21 Å². The number of sulfonamides is 1. The van der Waals surface area contributed by atoms with Crippen LogP contribution >= 0.6 is 11.6 Å². The molecule has 0 atom stereocenters. The summed E-state index contributed by atoms with van der Waals surface area (Å²) in [6.45, 7) is 7.87. The van der Waals surface area contributed by atoms with Gasteiger partial charge in [-0.3, -0.25) is 9.59 Å². The molecule has 1 heterocycles. The van der Waals surface area contributed by atoms with Crippen molar-refractivity contribution in [2.75, 3.05) is 31.5 Å². The Morgan fingerprint density at radius 1 is 1.06 bits per heavy atom. The Bertz CT molecular complexity index is 1120. The average Bonchev–Trinajstić information content (AvgIpc) is 2.80. The highest BCUT2D eigenvalue weighted by molar-refractivity contribution is 7.89. The molecule has 1 saturated heterocycles. The highest BCUT2D eigenvalue weighted by atomic mass is 35.5. The Hall–Kier alpha value is -2.42. The first-order valence-electron chi connectivity index (χ1n) is 11.2. The van der Waals surface area contributed by atoms with Crippen LogP contribution in [0.3, 0.4) is 0 Å². The van der Waals surface area contributed by atoms with Crippen molar-refractivity contribution in [2.45, 2.75) is 38.5 Å². The fraction of sp³-hybridized carbons (Fsp3) is 0.417. The van der Waals surface area contributed by atoms with Gasteiger partial charge in [-0.2, -0.15) is 4.31 Å². The maximum absolute atomic E-state index is 13.1. The summed E-state index contributed by atoms with van der Waals surface area (Å²) < 4.78 is 27.7. The lowest BCUT2D eigenvalue weighted by Gasteiger charge is -2.29. The monoisotopic (exact) mass is 491 g/mol. The fourth-order valence-electron chi connectivity index (χ4n) is 3.86. The lowest BCUT2D eigenvalue weighted by molar-refractivity contribution is 0.0774. The van der Waals surface area contributed by atoms with E-state index in [1.807, 2.05) is 13.8 Å². The summed E-state index contributed by atoms with van der Waals surface area (Å²) in [5.41, 5.74) is 0.735. The summed E-state index contributed by atoms with van der Waals surface area (Å²) in [6.07, 6.45) is 1.61. The first-order chi connectivity index (χ1) is 15.7. The number of nitrogens with one attached hydrogen (secondary N) is 1. The van der Waals surface area contributed by atoms with Gasteiger partial charge in [0.2, 0.25) is 10.0 Å². The van der Waals surface area contributed by atoms with E-state index in [2.05, 4.69) is 12.2 Å². The molecule has 2 amide bonds. The van der Waals surface area contributed by atoms with Gasteiger partial charge in [-0.15, -0.1) is 0 Å². The number of benzene rings is 2.